The molecule has 0 heterocycles. The number of aryl methyl sites for hydroxylation is 1. The van der Waals surface area contributed by atoms with Crippen molar-refractivity contribution in [3.8, 4) is 5.75 Å². The van der Waals surface area contributed by atoms with Crippen molar-refractivity contribution in [2.24, 2.45) is 0 Å². The van der Waals surface area contributed by atoms with Crippen molar-refractivity contribution >= 4 is 17.7 Å². The number of unbranched alkanes of at least 4 members (excludes halogenated alkanes) is 2. The predicted molar refractivity (Wildman–Crippen MR) is 70.5 cm³/mol. The first kappa shape index (κ1) is 13.8. The second kappa shape index (κ2) is 7.17. The van der Waals surface area contributed by atoms with E-state index in [0.29, 0.717) is 5.75 Å². The quantitative estimate of drug-likeness (QED) is 0.320. The lowest BCUT2D eigenvalue weighted by molar-refractivity contribution is -0.385. The first-order valence-electron chi connectivity index (χ1n) is 5.67. The number of nitro groups is 1. The minimum absolute atomic E-state index is 0.0494. The zero-order valence-corrected chi connectivity index (χ0v) is 11.0. The van der Waals surface area contributed by atoms with Gasteiger partial charge in [-0.05, 0) is 12.8 Å². The van der Waals surface area contributed by atoms with E-state index in [1.54, 1.807) is 12.3 Å². The summed E-state index contributed by atoms with van der Waals surface area (Å²) < 4.78 is 5.34. The summed E-state index contributed by atoms with van der Waals surface area (Å²) in [6, 6.07) is 5.09. The van der Waals surface area contributed by atoms with Gasteiger partial charge in [-0.15, -0.1) is 0 Å². The highest BCUT2D eigenvalue weighted by Crippen LogP contribution is 2.33. The molecule has 0 bridgehead atoms. The molecule has 5 heteroatoms. The Morgan fingerprint density at radius 1 is 1.41 bits per heavy atom. The third kappa shape index (κ3) is 3.93. The monoisotopic (exact) mass is 255 g/mol. The molecule has 1 rings (SSSR count). The molecule has 0 amide bonds. The maximum atomic E-state index is 10.9. The molecule has 0 fully saturated rings. The Morgan fingerprint density at radius 2 is 2.18 bits per heavy atom. The molecule has 1 aromatic carbocycles. The Balaban J connectivity index is 2.93. The van der Waals surface area contributed by atoms with Crippen LogP contribution in [-0.4, -0.2) is 11.2 Å². The van der Waals surface area contributed by atoms with E-state index < -0.39 is 4.92 Å². The van der Waals surface area contributed by atoms with Crippen molar-refractivity contribution < 1.29 is 9.11 Å². The first-order chi connectivity index (χ1) is 8.20. The van der Waals surface area contributed by atoms with E-state index >= 15 is 0 Å². The van der Waals surface area contributed by atoms with Gasteiger partial charge in [-0.3, -0.25) is 10.1 Å². The molecule has 0 saturated carbocycles. The molecule has 17 heavy (non-hydrogen) atoms. The van der Waals surface area contributed by atoms with Gasteiger partial charge >= 0.3 is 5.69 Å². The highest BCUT2D eigenvalue weighted by molar-refractivity contribution is 7.94. The van der Waals surface area contributed by atoms with Crippen LogP contribution >= 0.6 is 12.0 Å². The largest absolute Gasteiger partial charge is 0.419 e. The molecule has 0 radical (unpaired) electrons. The van der Waals surface area contributed by atoms with Crippen molar-refractivity contribution in [1.29, 1.82) is 0 Å². The molecule has 0 aliphatic rings. The molecule has 1 aromatic rings. The van der Waals surface area contributed by atoms with E-state index in [2.05, 4.69) is 6.92 Å². The smallest absolute Gasteiger partial charge is 0.312 e. The fourth-order valence-corrected chi connectivity index (χ4v) is 2.02. The molecule has 94 valence electrons. The van der Waals surface area contributed by atoms with Crippen LogP contribution in [0, 0.1) is 10.1 Å². The number of rotatable bonds is 7. The molecule has 0 N–H and O–H groups in total. The molecule has 0 aromatic heterocycles. The number of hydrogen-bond donors (Lipinski definition) is 0. The minimum Gasteiger partial charge on any atom is -0.419 e. The molecule has 0 unspecified atom stereocenters. The van der Waals surface area contributed by atoms with Gasteiger partial charge in [-0.2, -0.15) is 0 Å². The maximum Gasteiger partial charge on any atom is 0.312 e. The van der Waals surface area contributed by atoms with Crippen LogP contribution in [0.1, 0.15) is 31.7 Å². The van der Waals surface area contributed by atoms with E-state index in [-0.39, 0.29) is 5.69 Å². The van der Waals surface area contributed by atoms with Gasteiger partial charge in [0.05, 0.1) is 17.0 Å². The number of nitro benzene ring substituents is 1. The third-order valence-corrected chi connectivity index (χ3v) is 2.82. The standard InChI is InChI=1S/C12H17NO3S/c1-3-4-5-7-10-8-6-9-11(13(14)15)12(10)16-17-2/h6,8-9H,3-5,7H2,1-2H3. The SMILES string of the molecule is CCCCCc1cccc([N+](=O)[O-])c1OSC. The summed E-state index contributed by atoms with van der Waals surface area (Å²) in [4.78, 5) is 10.5. The lowest BCUT2D eigenvalue weighted by Crippen LogP contribution is -1.97. The summed E-state index contributed by atoms with van der Waals surface area (Å²) in [5.41, 5.74) is 0.968. The van der Waals surface area contributed by atoms with Gasteiger partial charge in [-0.25, -0.2) is 0 Å². The van der Waals surface area contributed by atoms with Gasteiger partial charge in [0.15, 0.2) is 0 Å². The number of nitrogens with zero attached hydrogens (tertiary/aromatic N) is 1. The minimum atomic E-state index is -0.394. The zero-order chi connectivity index (χ0) is 12.7. The Kier molecular flexibility index (Phi) is 5.83. The van der Waals surface area contributed by atoms with E-state index in [1.807, 2.05) is 6.07 Å². The van der Waals surface area contributed by atoms with Gasteiger partial charge < -0.3 is 4.18 Å². The van der Waals surface area contributed by atoms with Crippen molar-refractivity contribution in [3.63, 3.8) is 0 Å². The van der Waals surface area contributed by atoms with Crippen LogP contribution in [0.25, 0.3) is 0 Å². The van der Waals surface area contributed by atoms with Crippen molar-refractivity contribution in [3.05, 3.63) is 33.9 Å². The molecule has 0 atom stereocenters. The summed E-state index contributed by atoms with van der Waals surface area (Å²) in [5.74, 6) is 0.404. The van der Waals surface area contributed by atoms with Crippen LogP contribution in [0.15, 0.2) is 18.2 Å². The lowest BCUT2D eigenvalue weighted by atomic mass is 10.1. The Morgan fingerprint density at radius 3 is 2.76 bits per heavy atom. The summed E-state index contributed by atoms with van der Waals surface area (Å²) in [6.45, 7) is 2.13. The van der Waals surface area contributed by atoms with E-state index in [9.17, 15) is 10.1 Å². The lowest BCUT2D eigenvalue weighted by Gasteiger charge is -2.08. The summed E-state index contributed by atoms with van der Waals surface area (Å²) in [6.07, 6.45) is 5.87. The topological polar surface area (TPSA) is 52.4 Å². The Hall–Kier alpha value is -1.23. The second-order valence-electron chi connectivity index (χ2n) is 3.73. The van der Waals surface area contributed by atoms with Gasteiger partial charge in [0.1, 0.15) is 0 Å². The maximum absolute atomic E-state index is 10.9. The molecular weight excluding hydrogens is 238 g/mol. The average Bonchev–Trinajstić information content (AvgIpc) is 2.31. The van der Waals surface area contributed by atoms with Gasteiger partial charge in [0.25, 0.3) is 0 Å². The molecule has 0 spiro atoms. The first-order valence-corrected chi connectivity index (χ1v) is 6.82. The fourth-order valence-electron chi connectivity index (χ4n) is 1.66. The fraction of sp³-hybridized carbons (Fsp3) is 0.500. The van der Waals surface area contributed by atoms with Gasteiger partial charge in [0.2, 0.25) is 5.75 Å². The summed E-state index contributed by atoms with van der Waals surface area (Å²) in [5, 5.41) is 10.9. The summed E-state index contributed by atoms with van der Waals surface area (Å²) in [7, 11) is 0. The van der Waals surface area contributed by atoms with Gasteiger partial charge in [0, 0.05) is 17.9 Å². The van der Waals surface area contributed by atoms with E-state index in [4.69, 9.17) is 4.18 Å². The van der Waals surface area contributed by atoms with Crippen LogP contribution in [-0.2, 0) is 6.42 Å². The highest BCUT2D eigenvalue weighted by atomic mass is 32.2. The van der Waals surface area contributed by atoms with Crippen LogP contribution in [0.4, 0.5) is 5.69 Å². The normalized spacial score (nSPS) is 10.2. The zero-order valence-electron chi connectivity index (χ0n) is 10.1. The number of para-hydroxylation sites is 1. The number of benzene rings is 1. The number of hydrogen-bond acceptors (Lipinski definition) is 4. The van der Waals surface area contributed by atoms with Crippen LogP contribution in [0.5, 0.6) is 5.75 Å². The molecule has 4 nitrogen and oxygen atoms in total. The van der Waals surface area contributed by atoms with Crippen LogP contribution in [0.2, 0.25) is 0 Å². The Labute approximate surface area is 106 Å². The summed E-state index contributed by atoms with van der Waals surface area (Å²) >= 11 is 1.14. The van der Waals surface area contributed by atoms with Crippen molar-refractivity contribution in [2.75, 3.05) is 6.26 Å². The van der Waals surface area contributed by atoms with Crippen LogP contribution < -0.4 is 4.18 Å². The van der Waals surface area contributed by atoms with Gasteiger partial charge in [-0.1, -0.05) is 31.9 Å². The Bertz CT molecular complexity index is 382. The van der Waals surface area contributed by atoms with E-state index in [0.717, 1.165) is 43.3 Å². The molecule has 0 saturated heterocycles. The predicted octanol–water partition coefficient (Wildman–Crippen LogP) is 3.98. The molecular formula is C12H17NO3S. The molecule has 0 aliphatic carbocycles. The van der Waals surface area contributed by atoms with Crippen molar-refractivity contribution in [2.45, 2.75) is 32.6 Å². The highest BCUT2D eigenvalue weighted by Gasteiger charge is 2.18. The van der Waals surface area contributed by atoms with Crippen molar-refractivity contribution in [1.82, 2.24) is 0 Å². The third-order valence-electron chi connectivity index (χ3n) is 2.49. The van der Waals surface area contributed by atoms with E-state index in [1.165, 1.54) is 6.07 Å². The molecule has 0 aliphatic heterocycles. The second-order valence-corrected chi connectivity index (χ2v) is 4.23. The average molecular weight is 255 g/mol. The van der Waals surface area contributed by atoms with Crippen LogP contribution in [0.3, 0.4) is 0 Å².